The predicted octanol–water partition coefficient (Wildman–Crippen LogP) is 1.89. The average Bonchev–Trinajstić information content (AvgIpc) is 2.92. The van der Waals surface area contributed by atoms with Gasteiger partial charge in [-0.1, -0.05) is 24.3 Å². The zero-order valence-corrected chi connectivity index (χ0v) is 11.1. The minimum atomic E-state index is -0.199. The van der Waals surface area contributed by atoms with E-state index >= 15 is 0 Å². The Morgan fingerprint density at radius 3 is 2.60 bits per heavy atom. The first-order valence-electron chi connectivity index (χ1n) is 6.66. The molecule has 1 atom stereocenters. The highest BCUT2D eigenvalue weighted by Gasteiger charge is 2.05. The topological polar surface area (TPSA) is 64.1 Å². The monoisotopic (exact) mass is 267 g/mol. The van der Waals surface area contributed by atoms with Gasteiger partial charge in [0.05, 0.1) is 17.6 Å². The fourth-order valence-electron chi connectivity index (χ4n) is 2.32. The SMILES string of the molecule is NC(CO)Cc1ccc(-n2cnc3ccccc32)cc1. The van der Waals surface area contributed by atoms with Crippen LogP contribution < -0.4 is 5.73 Å². The van der Waals surface area contributed by atoms with Crippen molar-refractivity contribution >= 4 is 11.0 Å². The molecular weight excluding hydrogens is 250 g/mol. The van der Waals surface area contributed by atoms with Crippen LogP contribution >= 0.6 is 0 Å². The van der Waals surface area contributed by atoms with E-state index in [9.17, 15) is 0 Å². The van der Waals surface area contributed by atoms with E-state index in [0.717, 1.165) is 22.3 Å². The van der Waals surface area contributed by atoms with Crippen molar-refractivity contribution in [2.75, 3.05) is 6.61 Å². The summed E-state index contributed by atoms with van der Waals surface area (Å²) in [4.78, 5) is 4.39. The highest BCUT2D eigenvalue weighted by Crippen LogP contribution is 2.18. The smallest absolute Gasteiger partial charge is 0.100 e. The number of nitrogens with two attached hydrogens (primary N) is 1. The number of fused-ring (bicyclic) bond motifs is 1. The van der Waals surface area contributed by atoms with Crippen LogP contribution in [0.1, 0.15) is 5.56 Å². The third-order valence-corrected chi connectivity index (χ3v) is 3.40. The van der Waals surface area contributed by atoms with Crippen LogP contribution in [0, 0.1) is 0 Å². The van der Waals surface area contributed by atoms with E-state index < -0.39 is 0 Å². The lowest BCUT2D eigenvalue weighted by Gasteiger charge is -2.09. The number of benzene rings is 2. The van der Waals surface area contributed by atoms with Crippen molar-refractivity contribution in [3.05, 3.63) is 60.4 Å². The maximum Gasteiger partial charge on any atom is 0.100 e. The van der Waals surface area contributed by atoms with Gasteiger partial charge >= 0.3 is 0 Å². The van der Waals surface area contributed by atoms with Crippen molar-refractivity contribution in [1.29, 1.82) is 0 Å². The van der Waals surface area contributed by atoms with Gasteiger partial charge in [0.25, 0.3) is 0 Å². The second kappa shape index (κ2) is 5.45. The molecule has 1 heterocycles. The van der Waals surface area contributed by atoms with Crippen molar-refractivity contribution in [3.63, 3.8) is 0 Å². The molecule has 0 bridgehead atoms. The number of aliphatic hydroxyl groups is 1. The lowest BCUT2D eigenvalue weighted by Crippen LogP contribution is -2.26. The van der Waals surface area contributed by atoms with Gasteiger partial charge in [-0.3, -0.25) is 4.57 Å². The highest BCUT2D eigenvalue weighted by atomic mass is 16.3. The normalized spacial score (nSPS) is 12.7. The Bertz CT molecular complexity index is 703. The molecule has 0 fully saturated rings. The van der Waals surface area contributed by atoms with Crippen molar-refractivity contribution in [2.24, 2.45) is 5.73 Å². The number of nitrogens with zero attached hydrogens (tertiary/aromatic N) is 2. The number of hydrogen-bond donors (Lipinski definition) is 2. The lowest BCUT2D eigenvalue weighted by atomic mass is 10.1. The Balaban J connectivity index is 1.91. The molecular formula is C16H17N3O. The molecule has 20 heavy (non-hydrogen) atoms. The van der Waals surface area contributed by atoms with Crippen LogP contribution in [0.25, 0.3) is 16.7 Å². The third kappa shape index (κ3) is 2.43. The highest BCUT2D eigenvalue weighted by molar-refractivity contribution is 5.77. The summed E-state index contributed by atoms with van der Waals surface area (Å²) in [6.45, 7) is 0.00785. The molecule has 0 amide bonds. The van der Waals surface area contributed by atoms with Gasteiger partial charge in [0, 0.05) is 11.7 Å². The fraction of sp³-hybridized carbons (Fsp3) is 0.188. The summed E-state index contributed by atoms with van der Waals surface area (Å²) in [5.74, 6) is 0. The average molecular weight is 267 g/mol. The molecule has 0 radical (unpaired) electrons. The zero-order chi connectivity index (χ0) is 13.9. The summed E-state index contributed by atoms with van der Waals surface area (Å²) < 4.78 is 2.06. The minimum absolute atomic E-state index is 0.00785. The first-order valence-corrected chi connectivity index (χ1v) is 6.66. The first kappa shape index (κ1) is 12.8. The molecule has 0 saturated heterocycles. The van der Waals surface area contributed by atoms with Crippen molar-refractivity contribution in [2.45, 2.75) is 12.5 Å². The number of imidazole rings is 1. The Morgan fingerprint density at radius 1 is 1.10 bits per heavy atom. The van der Waals surface area contributed by atoms with Gasteiger partial charge in [0.15, 0.2) is 0 Å². The number of rotatable bonds is 4. The quantitative estimate of drug-likeness (QED) is 0.758. The van der Waals surface area contributed by atoms with Crippen molar-refractivity contribution < 1.29 is 5.11 Å². The van der Waals surface area contributed by atoms with Crippen molar-refractivity contribution in [3.8, 4) is 5.69 Å². The van der Waals surface area contributed by atoms with Crippen molar-refractivity contribution in [1.82, 2.24) is 9.55 Å². The molecule has 1 unspecified atom stereocenters. The molecule has 0 spiro atoms. The molecule has 0 aliphatic heterocycles. The largest absolute Gasteiger partial charge is 0.395 e. The minimum Gasteiger partial charge on any atom is -0.395 e. The van der Waals surface area contributed by atoms with Crippen LogP contribution in [0.2, 0.25) is 0 Å². The second-order valence-electron chi connectivity index (χ2n) is 4.92. The molecule has 102 valence electrons. The second-order valence-corrected chi connectivity index (χ2v) is 4.92. The predicted molar refractivity (Wildman–Crippen MR) is 79.8 cm³/mol. The lowest BCUT2D eigenvalue weighted by molar-refractivity contribution is 0.265. The van der Waals surface area contributed by atoms with Crippen LogP contribution in [0.4, 0.5) is 0 Å². The number of aromatic nitrogens is 2. The molecule has 3 aromatic rings. The van der Waals surface area contributed by atoms with E-state index in [2.05, 4.69) is 15.6 Å². The van der Waals surface area contributed by atoms with Gasteiger partial charge in [0.1, 0.15) is 6.33 Å². The molecule has 4 heteroatoms. The molecule has 3 N–H and O–H groups in total. The van der Waals surface area contributed by atoms with E-state index in [1.165, 1.54) is 0 Å². The zero-order valence-electron chi connectivity index (χ0n) is 11.1. The van der Waals surface area contributed by atoms with Gasteiger partial charge in [-0.05, 0) is 36.2 Å². The van der Waals surface area contributed by atoms with Gasteiger partial charge in [-0.15, -0.1) is 0 Å². The van der Waals surface area contributed by atoms with Crippen LogP contribution in [0.3, 0.4) is 0 Å². The number of aliphatic hydroxyl groups excluding tert-OH is 1. The number of para-hydroxylation sites is 2. The summed E-state index contributed by atoms with van der Waals surface area (Å²) >= 11 is 0. The van der Waals surface area contributed by atoms with E-state index in [0.29, 0.717) is 6.42 Å². The fourth-order valence-corrected chi connectivity index (χ4v) is 2.32. The summed E-state index contributed by atoms with van der Waals surface area (Å²) in [7, 11) is 0. The Morgan fingerprint density at radius 2 is 1.85 bits per heavy atom. The van der Waals surface area contributed by atoms with Crippen LogP contribution in [-0.2, 0) is 6.42 Å². The van der Waals surface area contributed by atoms with Gasteiger partial charge < -0.3 is 10.8 Å². The Kier molecular flexibility index (Phi) is 3.50. The van der Waals surface area contributed by atoms with Gasteiger partial charge in [0.2, 0.25) is 0 Å². The maximum atomic E-state index is 8.98. The molecule has 2 aromatic carbocycles. The third-order valence-electron chi connectivity index (χ3n) is 3.40. The van der Waals surface area contributed by atoms with E-state index in [1.54, 1.807) is 0 Å². The molecule has 0 saturated carbocycles. The molecule has 1 aromatic heterocycles. The summed E-state index contributed by atoms with van der Waals surface area (Å²) in [6.07, 6.45) is 2.51. The van der Waals surface area contributed by atoms with E-state index in [-0.39, 0.29) is 12.6 Å². The molecule has 4 nitrogen and oxygen atoms in total. The van der Waals surface area contributed by atoms with E-state index in [4.69, 9.17) is 10.8 Å². The van der Waals surface area contributed by atoms with Crippen LogP contribution in [0.5, 0.6) is 0 Å². The summed E-state index contributed by atoms with van der Waals surface area (Å²) in [6, 6.07) is 16.0. The summed E-state index contributed by atoms with van der Waals surface area (Å²) in [5.41, 5.74) is 10.0. The molecule has 0 aliphatic carbocycles. The van der Waals surface area contributed by atoms with Crippen LogP contribution in [0.15, 0.2) is 54.9 Å². The first-order chi connectivity index (χ1) is 9.78. The van der Waals surface area contributed by atoms with Gasteiger partial charge in [-0.2, -0.15) is 0 Å². The van der Waals surface area contributed by atoms with Crippen LogP contribution in [-0.4, -0.2) is 27.3 Å². The molecule has 3 rings (SSSR count). The Labute approximate surface area is 117 Å². The Hall–Kier alpha value is -2.17. The number of hydrogen-bond acceptors (Lipinski definition) is 3. The van der Waals surface area contributed by atoms with E-state index in [1.807, 2.05) is 48.8 Å². The summed E-state index contributed by atoms with van der Waals surface area (Å²) in [5, 5.41) is 8.98. The standard InChI is InChI=1S/C16H17N3O/c17-13(10-20)9-12-5-7-14(8-6-12)19-11-18-15-3-1-2-4-16(15)19/h1-8,11,13,20H,9-10,17H2. The molecule has 0 aliphatic rings. The van der Waals surface area contributed by atoms with Gasteiger partial charge in [-0.25, -0.2) is 4.98 Å². The maximum absolute atomic E-state index is 8.98.